The van der Waals surface area contributed by atoms with Gasteiger partial charge in [0.1, 0.15) is 23.7 Å². The topological polar surface area (TPSA) is 89.2 Å². The average Bonchev–Trinajstić information content (AvgIpc) is 2.83. The molecule has 0 spiro atoms. The van der Waals surface area contributed by atoms with E-state index < -0.39 is 5.50 Å². The first-order valence-corrected chi connectivity index (χ1v) is 6.02. The Kier molecular flexibility index (Phi) is 2.85. The molecule has 1 aliphatic heterocycles. The Balaban J connectivity index is 2.81. The van der Waals surface area contributed by atoms with Crippen LogP contribution in [-0.4, -0.2) is 9.55 Å². The number of hydrogen-bond donors (Lipinski definition) is 0. The summed E-state index contributed by atoms with van der Waals surface area (Å²) in [5.41, 5.74) is 0.200. The largest absolute Gasteiger partial charge is 0.293 e. The number of allylic oxidation sites excluding steroid dienone is 2. The summed E-state index contributed by atoms with van der Waals surface area (Å²) in [4.78, 5) is 4.06. The molecule has 0 N–H and O–H groups in total. The average molecular weight is 272 g/mol. The molecule has 1 aromatic rings. The lowest BCUT2D eigenvalue weighted by atomic mass is 9.84. The third kappa shape index (κ3) is 1.70. The Morgan fingerprint density at radius 2 is 1.79 bits per heavy atom. The summed E-state index contributed by atoms with van der Waals surface area (Å²) in [5.74, 6) is 0.306. The van der Waals surface area contributed by atoms with E-state index in [4.69, 9.17) is 22.1 Å². The lowest BCUT2D eigenvalue weighted by Crippen LogP contribution is -2.15. The highest BCUT2D eigenvalue weighted by Gasteiger charge is 2.40. The van der Waals surface area contributed by atoms with Gasteiger partial charge in [0, 0.05) is 0 Å². The van der Waals surface area contributed by atoms with Crippen molar-refractivity contribution in [2.45, 2.75) is 26.3 Å². The van der Waals surface area contributed by atoms with Crippen LogP contribution in [0.5, 0.6) is 0 Å². The van der Waals surface area contributed by atoms with Crippen LogP contribution < -0.4 is 0 Å². The maximum Gasteiger partial charge on any atom is 0.177 e. The minimum absolute atomic E-state index is 0.00357. The van der Waals surface area contributed by atoms with Crippen LogP contribution in [0.3, 0.4) is 0 Å². The Labute approximate surface area is 116 Å². The third-order valence-corrected chi connectivity index (χ3v) is 3.41. The van der Waals surface area contributed by atoms with Gasteiger partial charge in [0.2, 0.25) is 0 Å². The van der Waals surface area contributed by atoms with Gasteiger partial charge in [0.15, 0.2) is 17.2 Å². The lowest BCUT2D eigenvalue weighted by molar-refractivity contribution is 0.473. The number of fused-ring (bicyclic) bond motifs is 1. The fourth-order valence-electron chi connectivity index (χ4n) is 2.23. The van der Waals surface area contributed by atoms with E-state index in [2.05, 4.69) is 11.1 Å². The Bertz CT molecular complexity index is 712. The second kappa shape index (κ2) is 4.12. The fourth-order valence-corrected chi connectivity index (χ4v) is 2.85. The summed E-state index contributed by atoms with van der Waals surface area (Å²) in [7, 11) is 0. The van der Waals surface area contributed by atoms with E-state index in [-0.39, 0.29) is 16.8 Å². The van der Waals surface area contributed by atoms with Crippen molar-refractivity contribution in [2.75, 3.05) is 0 Å². The summed E-state index contributed by atoms with van der Waals surface area (Å²) in [5, 5.41) is 27.4. The maximum atomic E-state index is 9.32. The second-order valence-electron chi connectivity index (χ2n) is 5.21. The van der Waals surface area contributed by atoms with Gasteiger partial charge >= 0.3 is 0 Å². The van der Waals surface area contributed by atoms with Gasteiger partial charge in [0.05, 0.1) is 5.57 Å². The Morgan fingerprint density at radius 3 is 2.21 bits per heavy atom. The molecule has 0 saturated carbocycles. The number of aromatic nitrogens is 2. The highest BCUT2D eigenvalue weighted by molar-refractivity contribution is 6.22. The molecule has 0 fully saturated rings. The molecule has 19 heavy (non-hydrogen) atoms. The molecule has 1 atom stereocenters. The molecular formula is C13H10ClN5. The van der Waals surface area contributed by atoms with Crippen LogP contribution in [0.25, 0.3) is 5.57 Å². The van der Waals surface area contributed by atoms with Gasteiger partial charge in [-0.15, -0.1) is 0 Å². The van der Waals surface area contributed by atoms with Crippen LogP contribution in [-0.2, 0) is 0 Å². The van der Waals surface area contributed by atoms with Crippen molar-refractivity contribution < 1.29 is 0 Å². The molecule has 2 rings (SSSR count). The maximum absolute atomic E-state index is 9.32. The first-order chi connectivity index (χ1) is 8.86. The summed E-state index contributed by atoms with van der Waals surface area (Å²) in [6, 6.07) is 5.87. The zero-order valence-electron chi connectivity index (χ0n) is 10.7. The molecule has 0 radical (unpaired) electrons. The quantitative estimate of drug-likeness (QED) is 0.679. The molecular weight excluding hydrogens is 262 g/mol. The third-order valence-electron chi connectivity index (χ3n) is 3.00. The number of alkyl halides is 1. The Hall–Kier alpha value is -2.29. The summed E-state index contributed by atoms with van der Waals surface area (Å²) >= 11 is 6.37. The molecule has 0 aliphatic carbocycles. The highest BCUT2D eigenvalue weighted by Crippen LogP contribution is 2.47. The van der Waals surface area contributed by atoms with Gasteiger partial charge in [-0.05, 0) is 11.0 Å². The van der Waals surface area contributed by atoms with Crippen LogP contribution in [0.2, 0.25) is 0 Å². The molecule has 0 aromatic carbocycles. The molecule has 6 heteroatoms. The van der Waals surface area contributed by atoms with Crippen LogP contribution >= 0.6 is 11.6 Å². The first kappa shape index (κ1) is 13.1. The van der Waals surface area contributed by atoms with Gasteiger partial charge in [-0.3, -0.25) is 4.57 Å². The van der Waals surface area contributed by atoms with Crippen LogP contribution in [0, 0.1) is 39.4 Å². The first-order valence-electron chi connectivity index (χ1n) is 5.58. The minimum atomic E-state index is -0.658. The smallest absolute Gasteiger partial charge is 0.177 e. The zero-order chi connectivity index (χ0) is 14.4. The number of nitrogens with zero attached hydrogens (tertiary/aromatic N) is 5. The van der Waals surface area contributed by atoms with E-state index in [9.17, 15) is 5.26 Å². The summed E-state index contributed by atoms with van der Waals surface area (Å²) in [6.07, 6.45) is 0. The highest BCUT2D eigenvalue weighted by atomic mass is 35.5. The fraction of sp³-hybridized carbons (Fsp3) is 0.385. The normalized spacial score (nSPS) is 17.6. The van der Waals surface area contributed by atoms with Gasteiger partial charge in [0.25, 0.3) is 0 Å². The van der Waals surface area contributed by atoms with E-state index in [0.29, 0.717) is 11.4 Å². The predicted molar refractivity (Wildman–Crippen MR) is 68.5 cm³/mol. The Morgan fingerprint density at radius 1 is 1.16 bits per heavy atom. The van der Waals surface area contributed by atoms with Crippen molar-refractivity contribution in [1.82, 2.24) is 9.55 Å². The molecule has 94 valence electrons. The molecule has 0 amide bonds. The second-order valence-corrected chi connectivity index (χ2v) is 5.63. The molecule has 1 aliphatic rings. The molecule has 5 nitrogen and oxygen atoms in total. The van der Waals surface area contributed by atoms with Gasteiger partial charge in [-0.2, -0.15) is 15.8 Å². The van der Waals surface area contributed by atoms with E-state index in [1.54, 1.807) is 0 Å². The number of rotatable bonds is 0. The van der Waals surface area contributed by atoms with Crippen molar-refractivity contribution in [2.24, 2.45) is 5.41 Å². The van der Waals surface area contributed by atoms with Crippen molar-refractivity contribution in [3.8, 4) is 18.2 Å². The molecule has 2 heterocycles. The number of halogens is 1. The van der Waals surface area contributed by atoms with Crippen molar-refractivity contribution in [3.63, 3.8) is 0 Å². The number of imidazole rings is 1. The van der Waals surface area contributed by atoms with Crippen LogP contribution in [0.15, 0.2) is 5.57 Å². The molecule has 1 aromatic heterocycles. The number of hydrogen-bond acceptors (Lipinski definition) is 4. The van der Waals surface area contributed by atoms with Gasteiger partial charge in [-0.25, -0.2) is 4.98 Å². The van der Waals surface area contributed by atoms with Crippen LogP contribution in [0.1, 0.15) is 43.5 Å². The lowest BCUT2D eigenvalue weighted by Gasteiger charge is -2.24. The number of nitriles is 3. The summed E-state index contributed by atoms with van der Waals surface area (Å²) < 4.78 is 1.46. The summed E-state index contributed by atoms with van der Waals surface area (Å²) in [6.45, 7) is 5.83. The molecule has 0 saturated heterocycles. The SMILES string of the molecule is CC(C)(C)C1=C(C#N)c2nc(C#N)c(C#N)n2C1Cl. The van der Waals surface area contributed by atoms with E-state index >= 15 is 0 Å². The van der Waals surface area contributed by atoms with Gasteiger partial charge in [-0.1, -0.05) is 32.4 Å². The van der Waals surface area contributed by atoms with Crippen LogP contribution in [0.4, 0.5) is 0 Å². The molecule has 1 unspecified atom stereocenters. The van der Waals surface area contributed by atoms with E-state index in [0.717, 1.165) is 5.57 Å². The van der Waals surface area contributed by atoms with Crippen molar-refractivity contribution >= 4 is 17.2 Å². The standard InChI is InChI=1S/C13H10ClN5/c1-13(2,3)10-7(4-15)12-18-8(5-16)9(6-17)19(12)11(10)14/h11H,1-3H3. The zero-order valence-corrected chi connectivity index (χ0v) is 11.4. The van der Waals surface area contributed by atoms with Gasteiger partial charge < -0.3 is 0 Å². The van der Waals surface area contributed by atoms with E-state index in [1.807, 2.05) is 32.9 Å². The van der Waals surface area contributed by atoms with Crippen molar-refractivity contribution in [3.05, 3.63) is 22.8 Å². The van der Waals surface area contributed by atoms with E-state index in [1.165, 1.54) is 4.57 Å². The molecule has 0 bridgehead atoms. The minimum Gasteiger partial charge on any atom is -0.293 e. The predicted octanol–water partition coefficient (Wildman–Crippen LogP) is 2.70. The van der Waals surface area contributed by atoms with Crippen molar-refractivity contribution in [1.29, 1.82) is 15.8 Å². The monoisotopic (exact) mass is 271 g/mol.